The summed E-state index contributed by atoms with van der Waals surface area (Å²) in [7, 11) is 0. The number of hydrogen-bond donors (Lipinski definition) is 0. The molecule has 0 radical (unpaired) electrons. The molecule has 0 aliphatic carbocycles. The molecule has 0 aliphatic heterocycles. The molecule has 6 nitrogen and oxygen atoms in total. The van der Waals surface area contributed by atoms with Crippen molar-refractivity contribution in [2.45, 2.75) is 6.54 Å². The van der Waals surface area contributed by atoms with E-state index in [2.05, 4.69) is 80.7 Å². The van der Waals surface area contributed by atoms with Gasteiger partial charge in [-0.2, -0.15) is 0 Å². The van der Waals surface area contributed by atoms with Gasteiger partial charge in [0.05, 0.1) is 41.1 Å². The van der Waals surface area contributed by atoms with Crippen LogP contribution < -0.4 is 0 Å². The lowest BCUT2D eigenvalue weighted by atomic mass is 10.0. The fourth-order valence-electron chi connectivity index (χ4n) is 6.78. The van der Waals surface area contributed by atoms with Crippen LogP contribution in [0.3, 0.4) is 0 Å². The highest BCUT2D eigenvalue weighted by Crippen LogP contribution is 2.38. The van der Waals surface area contributed by atoms with Gasteiger partial charge < -0.3 is 4.57 Å². The van der Waals surface area contributed by atoms with Gasteiger partial charge in [0.2, 0.25) is 0 Å². The fraction of sp³-hybridized carbons (Fsp3) is 0.0244. The Morgan fingerprint density at radius 1 is 0.553 bits per heavy atom. The molecule has 0 fully saturated rings. The normalized spacial score (nSPS) is 11.5. The predicted octanol–water partition coefficient (Wildman–Crippen LogP) is 10.0. The Hall–Kier alpha value is -6.58. The largest absolute Gasteiger partial charge is 0.319 e. The van der Waals surface area contributed by atoms with Gasteiger partial charge >= 0.3 is 0 Å². The predicted molar refractivity (Wildman–Crippen MR) is 190 cm³/mol. The Morgan fingerprint density at radius 2 is 1.15 bits per heavy atom. The minimum Gasteiger partial charge on any atom is -0.319 e. The van der Waals surface area contributed by atoms with Crippen molar-refractivity contribution in [3.8, 4) is 28.3 Å². The number of fused-ring (bicyclic) bond motifs is 6. The van der Waals surface area contributed by atoms with Gasteiger partial charge in [-0.1, -0.05) is 103 Å². The van der Waals surface area contributed by atoms with Crippen molar-refractivity contribution in [1.29, 1.82) is 0 Å². The van der Waals surface area contributed by atoms with Crippen molar-refractivity contribution in [1.82, 2.24) is 24.1 Å². The van der Waals surface area contributed by atoms with Gasteiger partial charge in [0.1, 0.15) is 11.3 Å². The van der Waals surface area contributed by atoms with Crippen LogP contribution in [0.2, 0.25) is 0 Å². The van der Waals surface area contributed by atoms with E-state index >= 15 is 0 Å². The lowest BCUT2D eigenvalue weighted by molar-refractivity contribution is 0.804. The molecule has 0 spiro atoms. The Balaban J connectivity index is 1.41. The van der Waals surface area contributed by atoms with E-state index in [1.54, 1.807) is 0 Å². The zero-order valence-corrected chi connectivity index (χ0v) is 25.2. The van der Waals surface area contributed by atoms with E-state index in [-0.39, 0.29) is 0 Å². The molecule has 0 aliphatic rings. The zero-order valence-electron chi connectivity index (χ0n) is 25.2. The number of hydrogen-bond acceptors (Lipinski definition) is 3. The summed E-state index contributed by atoms with van der Waals surface area (Å²) in [5.74, 6) is 0.743. The molecular formula is C41H26N6. The van der Waals surface area contributed by atoms with Crippen LogP contribution in [-0.2, 0) is 6.54 Å². The average Bonchev–Trinajstić information content (AvgIpc) is 3.64. The summed E-state index contributed by atoms with van der Waals surface area (Å²) in [6, 6.07) is 47.3. The van der Waals surface area contributed by atoms with E-state index in [0.29, 0.717) is 12.2 Å². The fourth-order valence-corrected chi connectivity index (χ4v) is 6.78. The number of benzene rings is 5. The number of rotatable bonds is 5. The highest BCUT2D eigenvalue weighted by atomic mass is 15.1. The van der Waals surface area contributed by atoms with Gasteiger partial charge in [0.15, 0.2) is 11.5 Å². The Kier molecular flexibility index (Phi) is 6.15. The van der Waals surface area contributed by atoms with Gasteiger partial charge in [-0.15, -0.1) is 0 Å². The summed E-state index contributed by atoms with van der Waals surface area (Å²) in [4.78, 5) is 19.7. The molecule has 0 saturated carbocycles. The minimum atomic E-state index is 0.451. The molecule has 9 rings (SSSR count). The third-order valence-electron chi connectivity index (χ3n) is 8.87. The van der Waals surface area contributed by atoms with E-state index in [1.807, 2.05) is 79.0 Å². The second kappa shape index (κ2) is 10.8. The van der Waals surface area contributed by atoms with Crippen molar-refractivity contribution in [2.24, 2.45) is 0 Å². The summed E-state index contributed by atoms with van der Waals surface area (Å²) < 4.78 is 4.46. The monoisotopic (exact) mass is 602 g/mol. The van der Waals surface area contributed by atoms with Crippen molar-refractivity contribution in [2.75, 3.05) is 0 Å². The zero-order chi connectivity index (χ0) is 31.3. The maximum Gasteiger partial charge on any atom is 0.188 e. The number of aromatic nitrogens is 5. The first-order chi connectivity index (χ1) is 23.3. The maximum absolute atomic E-state index is 7.69. The molecule has 0 N–H and O–H groups in total. The molecule has 0 atom stereocenters. The third kappa shape index (κ3) is 4.29. The van der Waals surface area contributed by atoms with Crippen LogP contribution >= 0.6 is 0 Å². The van der Waals surface area contributed by atoms with Gasteiger partial charge in [-0.05, 0) is 41.8 Å². The van der Waals surface area contributed by atoms with E-state index < -0.39 is 0 Å². The Bertz CT molecular complexity index is 2610. The maximum atomic E-state index is 7.69. The first-order valence-corrected chi connectivity index (χ1v) is 15.5. The smallest absolute Gasteiger partial charge is 0.188 e. The van der Waals surface area contributed by atoms with Crippen LogP contribution in [0.1, 0.15) is 5.69 Å². The average molecular weight is 603 g/mol. The third-order valence-corrected chi connectivity index (χ3v) is 8.87. The molecule has 9 aromatic rings. The van der Waals surface area contributed by atoms with E-state index in [1.165, 1.54) is 0 Å². The summed E-state index contributed by atoms with van der Waals surface area (Å²) in [6.07, 6.45) is 1.85. The van der Waals surface area contributed by atoms with Crippen LogP contribution in [0.15, 0.2) is 146 Å². The van der Waals surface area contributed by atoms with E-state index in [9.17, 15) is 0 Å². The van der Waals surface area contributed by atoms with Crippen molar-refractivity contribution in [3.05, 3.63) is 163 Å². The van der Waals surface area contributed by atoms with Crippen LogP contribution in [0.25, 0.3) is 76.9 Å². The van der Waals surface area contributed by atoms with Crippen LogP contribution in [0, 0.1) is 6.57 Å². The second-order valence-corrected chi connectivity index (χ2v) is 11.6. The molecule has 0 saturated heterocycles. The highest BCUT2D eigenvalue weighted by molar-refractivity contribution is 6.10. The van der Waals surface area contributed by atoms with E-state index in [0.717, 1.165) is 77.8 Å². The van der Waals surface area contributed by atoms with Crippen molar-refractivity contribution in [3.63, 3.8) is 0 Å². The minimum absolute atomic E-state index is 0.451. The number of para-hydroxylation sites is 2. The molecule has 4 aromatic heterocycles. The van der Waals surface area contributed by atoms with Gasteiger partial charge in [0.25, 0.3) is 0 Å². The molecular weight excluding hydrogens is 576 g/mol. The summed E-state index contributed by atoms with van der Waals surface area (Å²) in [5.41, 5.74) is 9.00. The molecule has 6 heteroatoms. The van der Waals surface area contributed by atoms with Crippen LogP contribution in [0.4, 0.5) is 5.69 Å². The van der Waals surface area contributed by atoms with Gasteiger partial charge in [-0.25, -0.2) is 19.8 Å². The summed E-state index contributed by atoms with van der Waals surface area (Å²) >= 11 is 0. The SMILES string of the molecule is [C-]#[N+]c1ccc2c(c1)c1ccccc1n2-c1nc(-c2ccccc2)c(-c2ccccc2)nc1Cn1c2ccccc2c2cccnc21. The summed E-state index contributed by atoms with van der Waals surface area (Å²) in [5, 5.41) is 4.32. The molecule has 0 amide bonds. The molecule has 4 heterocycles. The Morgan fingerprint density at radius 3 is 1.87 bits per heavy atom. The summed E-state index contributed by atoms with van der Waals surface area (Å²) in [6.45, 7) is 8.14. The molecule has 0 unspecified atom stereocenters. The molecule has 5 aromatic carbocycles. The van der Waals surface area contributed by atoms with Crippen LogP contribution in [0.5, 0.6) is 0 Å². The quantitative estimate of drug-likeness (QED) is 0.184. The van der Waals surface area contributed by atoms with E-state index in [4.69, 9.17) is 21.5 Å². The van der Waals surface area contributed by atoms with Gasteiger partial charge in [-0.3, -0.25) is 4.57 Å². The molecule has 220 valence electrons. The van der Waals surface area contributed by atoms with Crippen LogP contribution in [-0.4, -0.2) is 24.1 Å². The first-order valence-electron chi connectivity index (χ1n) is 15.5. The molecule has 0 bridgehead atoms. The molecule has 47 heavy (non-hydrogen) atoms. The highest BCUT2D eigenvalue weighted by Gasteiger charge is 2.23. The topological polar surface area (TPSA) is 52.9 Å². The second-order valence-electron chi connectivity index (χ2n) is 11.6. The first kappa shape index (κ1) is 26.8. The number of pyridine rings is 1. The van der Waals surface area contributed by atoms with Gasteiger partial charge in [0, 0.05) is 33.5 Å². The Labute approximate surface area is 270 Å². The lowest BCUT2D eigenvalue weighted by Crippen LogP contribution is -2.12. The van der Waals surface area contributed by atoms with Crippen molar-refractivity contribution < 1.29 is 0 Å². The number of nitrogens with zero attached hydrogens (tertiary/aromatic N) is 6. The standard InChI is InChI=1S/C41H26N6/c1-42-29-22-23-37-33(25-29)31-18-9-11-21-36(31)47(37)41-34(26-46-35-20-10-8-17-30(35)32-19-12-24-43-40(32)46)44-38(27-13-4-2-5-14-27)39(45-41)28-15-6-3-7-16-28/h2-25H,26H2. The van der Waals surface area contributed by atoms with Crippen molar-refractivity contribution >= 4 is 49.4 Å². The lowest BCUT2D eigenvalue weighted by Gasteiger charge is -2.18.